The topological polar surface area (TPSA) is 131 Å². The van der Waals surface area contributed by atoms with Crippen LogP contribution in [0.5, 0.6) is 0 Å². The van der Waals surface area contributed by atoms with Crippen molar-refractivity contribution in [1.29, 1.82) is 0 Å². The van der Waals surface area contributed by atoms with Crippen LogP contribution in [-0.4, -0.2) is 29.5 Å². The molecule has 4 N–H and O–H groups in total. The van der Waals surface area contributed by atoms with Crippen molar-refractivity contribution in [2.75, 3.05) is 5.32 Å². The van der Waals surface area contributed by atoms with Gasteiger partial charge in [-0.05, 0) is 6.07 Å². The molecule has 0 aliphatic heterocycles. The van der Waals surface area contributed by atoms with E-state index in [9.17, 15) is 13.2 Å². The molecule has 0 bridgehead atoms. The Morgan fingerprint density at radius 2 is 2.24 bits per heavy atom. The summed E-state index contributed by atoms with van der Waals surface area (Å²) in [5.41, 5.74) is 0.400. The lowest BCUT2D eigenvalue weighted by Gasteiger charge is -1.96. The zero-order chi connectivity index (χ0) is 12.5. The molecule has 2 rings (SSSR count). The summed E-state index contributed by atoms with van der Waals surface area (Å²) in [5.74, 6) is -0.414. The van der Waals surface area contributed by atoms with Gasteiger partial charge in [-0.2, -0.15) is 0 Å². The summed E-state index contributed by atoms with van der Waals surface area (Å²) in [4.78, 5) is 14.3. The van der Waals surface area contributed by atoms with Gasteiger partial charge in [-0.3, -0.25) is 10.1 Å². The number of hydrogen-bond donors (Lipinski definition) is 3. The van der Waals surface area contributed by atoms with Gasteiger partial charge in [0.2, 0.25) is 9.47 Å². The van der Waals surface area contributed by atoms with Crippen LogP contribution in [0, 0.1) is 0 Å². The smallest absolute Gasteiger partial charge is 0.267 e. The molecule has 2 heterocycles. The lowest BCUT2D eigenvalue weighted by atomic mass is 10.3. The van der Waals surface area contributed by atoms with E-state index in [2.05, 4.69) is 20.5 Å². The molecule has 17 heavy (non-hydrogen) atoms. The van der Waals surface area contributed by atoms with Gasteiger partial charge in [0.15, 0.2) is 0 Å². The first kappa shape index (κ1) is 11.7. The monoisotopic (exact) mass is 273 g/mol. The second-order valence-corrected chi connectivity index (χ2v) is 5.68. The van der Waals surface area contributed by atoms with Crippen molar-refractivity contribution < 1.29 is 13.2 Å². The van der Waals surface area contributed by atoms with E-state index in [0.717, 1.165) is 0 Å². The van der Waals surface area contributed by atoms with Crippen LogP contribution in [0.4, 0.5) is 5.13 Å². The summed E-state index contributed by atoms with van der Waals surface area (Å²) >= 11 is 0.688. The molecule has 2 aromatic rings. The minimum atomic E-state index is -3.88. The fraction of sp³-hybridized carbons (Fsp3) is 0. The highest BCUT2D eigenvalue weighted by Crippen LogP contribution is 2.18. The van der Waals surface area contributed by atoms with Gasteiger partial charge in [-0.15, -0.1) is 10.2 Å². The van der Waals surface area contributed by atoms with E-state index in [1.165, 1.54) is 6.20 Å². The average Bonchev–Trinajstić information content (AvgIpc) is 2.85. The van der Waals surface area contributed by atoms with Crippen LogP contribution >= 0.6 is 11.3 Å². The van der Waals surface area contributed by atoms with Gasteiger partial charge in [0.1, 0.15) is 0 Å². The third kappa shape index (κ3) is 2.67. The molecule has 0 aliphatic carbocycles. The van der Waals surface area contributed by atoms with E-state index in [-0.39, 0.29) is 9.47 Å². The number of carbonyl (C=O) groups excluding carboxylic acids is 1. The van der Waals surface area contributed by atoms with E-state index in [4.69, 9.17) is 5.14 Å². The zero-order valence-electron chi connectivity index (χ0n) is 8.25. The summed E-state index contributed by atoms with van der Waals surface area (Å²) < 4.78 is 21.5. The standard InChI is InChI=1S/C7H7N5O3S2/c8-17(14,15)7-12-11-6(16-7)10-5(13)4-1-2-9-3-4/h1-3,9H,(H2,8,14,15)(H,10,11,13). The molecule has 0 saturated carbocycles. The number of nitrogens with two attached hydrogens (primary N) is 1. The molecule has 0 radical (unpaired) electrons. The van der Waals surface area contributed by atoms with Crippen molar-refractivity contribution in [1.82, 2.24) is 15.2 Å². The van der Waals surface area contributed by atoms with Gasteiger partial charge in [0.25, 0.3) is 15.9 Å². The van der Waals surface area contributed by atoms with Gasteiger partial charge >= 0.3 is 0 Å². The number of carbonyl (C=O) groups is 1. The molecule has 1 amide bonds. The fourth-order valence-corrected chi connectivity index (χ4v) is 2.34. The largest absolute Gasteiger partial charge is 0.367 e. The number of aromatic nitrogens is 3. The maximum Gasteiger partial charge on any atom is 0.267 e. The number of aromatic amines is 1. The Labute approximate surface area is 99.9 Å². The number of sulfonamides is 1. The number of H-pyrrole nitrogens is 1. The number of nitrogens with one attached hydrogen (secondary N) is 2. The van der Waals surface area contributed by atoms with Crippen LogP contribution in [0.15, 0.2) is 22.8 Å². The molecule has 0 aromatic carbocycles. The highest BCUT2D eigenvalue weighted by atomic mass is 32.2. The molecule has 0 spiro atoms. The van der Waals surface area contributed by atoms with Crippen LogP contribution in [0.1, 0.15) is 10.4 Å². The number of nitrogens with zero attached hydrogens (tertiary/aromatic N) is 2. The van der Waals surface area contributed by atoms with Crippen molar-refractivity contribution in [3.05, 3.63) is 24.0 Å². The Balaban J connectivity index is 2.15. The molecule has 8 nitrogen and oxygen atoms in total. The maximum atomic E-state index is 11.6. The molecule has 0 atom stereocenters. The second-order valence-electron chi connectivity index (χ2n) is 2.97. The quantitative estimate of drug-likeness (QED) is 0.664. The molecule has 0 fully saturated rings. The lowest BCUT2D eigenvalue weighted by molar-refractivity contribution is 0.102. The molecule has 0 saturated heterocycles. The summed E-state index contributed by atoms with van der Waals surface area (Å²) in [6, 6.07) is 1.57. The van der Waals surface area contributed by atoms with E-state index >= 15 is 0 Å². The molecular weight excluding hydrogens is 266 g/mol. The van der Waals surface area contributed by atoms with Crippen molar-refractivity contribution in [2.24, 2.45) is 5.14 Å². The average molecular weight is 273 g/mol. The first-order valence-corrected chi connectivity index (χ1v) is 6.63. The normalized spacial score (nSPS) is 11.4. The summed E-state index contributed by atoms with van der Waals surface area (Å²) in [7, 11) is -3.88. The number of primary sulfonamides is 1. The maximum absolute atomic E-state index is 11.6. The Bertz CT molecular complexity index is 630. The number of anilines is 1. The summed E-state index contributed by atoms with van der Waals surface area (Å²) in [6.45, 7) is 0. The van der Waals surface area contributed by atoms with E-state index in [0.29, 0.717) is 16.9 Å². The molecule has 0 aliphatic rings. The van der Waals surface area contributed by atoms with Crippen molar-refractivity contribution >= 4 is 32.4 Å². The van der Waals surface area contributed by atoms with Crippen LogP contribution in [-0.2, 0) is 10.0 Å². The van der Waals surface area contributed by atoms with Crippen LogP contribution in [0.2, 0.25) is 0 Å². The minimum absolute atomic E-state index is 0.0697. The summed E-state index contributed by atoms with van der Waals surface area (Å²) in [6.07, 6.45) is 3.09. The van der Waals surface area contributed by atoms with Gasteiger partial charge < -0.3 is 4.98 Å². The van der Waals surface area contributed by atoms with Crippen LogP contribution < -0.4 is 10.5 Å². The van der Waals surface area contributed by atoms with Crippen molar-refractivity contribution in [3.63, 3.8) is 0 Å². The Hall–Kier alpha value is -1.78. The fourth-order valence-electron chi connectivity index (χ4n) is 1.01. The molecule has 90 valence electrons. The number of rotatable bonds is 3. The number of amides is 1. The SMILES string of the molecule is NS(=O)(=O)c1nnc(NC(=O)c2cc[nH]c2)s1. The van der Waals surface area contributed by atoms with Crippen LogP contribution in [0.25, 0.3) is 0 Å². The lowest BCUT2D eigenvalue weighted by Crippen LogP contribution is -2.11. The minimum Gasteiger partial charge on any atom is -0.367 e. The molecular formula is C7H7N5O3S2. The summed E-state index contributed by atoms with van der Waals surface area (Å²) in [5, 5.41) is 14.2. The first-order valence-electron chi connectivity index (χ1n) is 4.27. The van der Waals surface area contributed by atoms with Gasteiger partial charge in [-0.25, -0.2) is 13.6 Å². The molecule has 10 heteroatoms. The first-order chi connectivity index (χ1) is 7.97. The third-order valence-electron chi connectivity index (χ3n) is 1.73. The van der Waals surface area contributed by atoms with Crippen LogP contribution in [0.3, 0.4) is 0 Å². The van der Waals surface area contributed by atoms with Gasteiger partial charge in [0.05, 0.1) is 5.56 Å². The highest BCUT2D eigenvalue weighted by Gasteiger charge is 2.16. The van der Waals surface area contributed by atoms with E-state index in [1.54, 1.807) is 12.3 Å². The van der Waals surface area contributed by atoms with Crippen molar-refractivity contribution in [3.8, 4) is 0 Å². The predicted octanol–water partition coefficient (Wildman–Crippen LogP) is -0.234. The van der Waals surface area contributed by atoms with E-state index < -0.39 is 15.9 Å². The Morgan fingerprint density at radius 3 is 2.76 bits per heavy atom. The zero-order valence-corrected chi connectivity index (χ0v) is 9.88. The molecule has 2 aromatic heterocycles. The predicted molar refractivity (Wildman–Crippen MR) is 60.0 cm³/mol. The Kier molecular flexibility index (Phi) is 2.92. The second kappa shape index (κ2) is 4.24. The highest BCUT2D eigenvalue weighted by molar-refractivity contribution is 7.91. The van der Waals surface area contributed by atoms with E-state index in [1.807, 2.05) is 0 Å². The van der Waals surface area contributed by atoms with Crippen molar-refractivity contribution in [2.45, 2.75) is 4.34 Å². The Morgan fingerprint density at radius 1 is 1.47 bits per heavy atom. The molecule has 0 unspecified atom stereocenters. The van der Waals surface area contributed by atoms with Gasteiger partial charge in [-0.1, -0.05) is 11.3 Å². The number of hydrogen-bond acceptors (Lipinski definition) is 6. The van der Waals surface area contributed by atoms with Gasteiger partial charge in [0, 0.05) is 12.4 Å². The third-order valence-corrected chi connectivity index (χ3v) is 3.88.